The van der Waals surface area contributed by atoms with E-state index in [0.717, 1.165) is 16.9 Å². The van der Waals surface area contributed by atoms with Gasteiger partial charge in [0, 0.05) is 17.8 Å². The summed E-state index contributed by atoms with van der Waals surface area (Å²) in [7, 11) is 0. The quantitative estimate of drug-likeness (QED) is 0.585. The van der Waals surface area contributed by atoms with Crippen LogP contribution in [0.1, 0.15) is 42.3 Å². The fourth-order valence-electron chi connectivity index (χ4n) is 3.76. The lowest BCUT2D eigenvalue weighted by Crippen LogP contribution is -2.46. The van der Waals surface area contributed by atoms with E-state index in [0.29, 0.717) is 18.0 Å². The summed E-state index contributed by atoms with van der Waals surface area (Å²) in [5.41, 5.74) is 3.02. The van der Waals surface area contributed by atoms with Crippen LogP contribution in [0.4, 0.5) is 5.69 Å². The Balaban J connectivity index is 1.48. The first-order chi connectivity index (χ1) is 15.1. The van der Waals surface area contributed by atoms with Gasteiger partial charge in [0.15, 0.2) is 6.10 Å². The van der Waals surface area contributed by atoms with Crippen LogP contribution < -0.4 is 15.0 Å². The van der Waals surface area contributed by atoms with Gasteiger partial charge in [0.1, 0.15) is 5.75 Å². The molecule has 1 aliphatic rings. The Bertz CT molecular complexity index is 1050. The van der Waals surface area contributed by atoms with Crippen molar-refractivity contribution in [1.29, 1.82) is 0 Å². The topological polar surface area (TPSA) is 58.6 Å². The number of fused-ring (bicyclic) bond motifs is 1. The lowest BCUT2D eigenvalue weighted by Gasteiger charge is -2.33. The van der Waals surface area contributed by atoms with Crippen molar-refractivity contribution in [3.8, 4) is 5.75 Å². The average Bonchev–Trinajstić information content (AvgIpc) is 3.32. The van der Waals surface area contributed by atoms with Crippen LogP contribution in [0.25, 0.3) is 0 Å². The van der Waals surface area contributed by atoms with Crippen molar-refractivity contribution in [2.24, 2.45) is 0 Å². The van der Waals surface area contributed by atoms with Crippen LogP contribution in [-0.2, 0) is 16.0 Å². The van der Waals surface area contributed by atoms with Crippen LogP contribution in [0.2, 0.25) is 0 Å². The van der Waals surface area contributed by atoms with Gasteiger partial charge in [-0.3, -0.25) is 9.59 Å². The van der Waals surface area contributed by atoms with E-state index in [2.05, 4.69) is 36.5 Å². The molecule has 1 N–H and O–H groups in total. The molecule has 0 radical (unpaired) electrons. The first kappa shape index (κ1) is 21.1. The molecule has 0 saturated carbocycles. The number of hydrogen-bond donors (Lipinski definition) is 1. The number of thiophene rings is 1. The van der Waals surface area contributed by atoms with Gasteiger partial charge < -0.3 is 15.0 Å². The highest BCUT2D eigenvalue weighted by Gasteiger charge is 2.31. The van der Waals surface area contributed by atoms with Gasteiger partial charge in [0.2, 0.25) is 5.91 Å². The monoisotopic (exact) mass is 434 g/mol. The van der Waals surface area contributed by atoms with E-state index in [-0.39, 0.29) is 24.3 Å². The molecule has 0 bridgehead atoms. The third-order valence-corrected chi connectivity index (χ3v) is 6.43. The Morgan fingerprint density at radius 3 is 2.61 bits per heavy atom. The second kappa shape index (κ2) is 9.35. The molecule has 2 heterocycles. The SMILES string of the molecule is CCc1ccc([C@@H](NC(=O)CCN2C(=O)[C@H](C)Oc3ccccc32)c2cccs2)cc1. The smallest absolute Gasteiger partial charge is 0.267 e. The molecule has 0 aliphatic carbocycles. The molecule has 2 atom stereocenters. The Morgan fingerprint density at radius 2 is 1.90 bits per heavy atom. The molecule has 6 heteroatoms. The van der Waals surface area contributed by atoms with Crippen LogP contribution in [0.3, 0.4) is 0 Å². The minimum atomic E-state index is -0.561. The van der Waals surface area contributed by atoms with Crippen LogP contribution >= 0.6 is 11.3 Å². The highest BCUT2D eigenvalue weighted by atomic mass is 32.1. The van der Waals surface area contributed by atoms with Crippen molar-refractivity contribution < 1.29 is 14.3 Å². The summed E-state index contributed by atoms with van der Waals surface area (Å²) in [5, 5.41) is 5.18. The Hall–Kier alpha value is -3.12. The standard InChI is InChI=1S/C25H26N2O3S/c1-3-18-10-12-19(13-11-18)24(22-9-6-16-31-22)26-23(28)14-15-27-20-7-4-5-8-21(20)30-17(2)25(27)29/h4-13,16-17,24H,3,14-15H2,1-2H3,(H,26,28)/t17-,24+/m0/s1. The fraction of sp³-hybridized carbons (Fsp3) is 0.280. The summed E-state index contributed by atoms with van der Waals surface area (Å²) in [4.78, 5) is 28.3. The molecule has 2 aromatic carbocycles. The highest BCUT2D eigenvalue weighted by Crippen LogP contribution is 2.33. The van der Waals surface area contributed by atoms with E-state index in [1.807, 2.05) is 41.8 Å². The maximum atomic E-state index is 12.9. The number of hydrogen-bond acceptors (Lipinski definition) is 4. The minimum Gasteiger partial charge on any atom is -0.479 e. The van der Waals surface area contributed by atoms with Crippen LogP contribution in [-0.4, -0.2) is 24.5 Å². The number of para-hydroxylation sites is 2. The second-order valence-electron chi connectivity index (χ2n) is 7.58. The maximum absolute atomic E-state index is 12.9. The van der Waals surface area contributed by atoms with Crippen molar-refractivity contribution in [1.82, 2.24) is 5.32 Å². The second-order valence-corrected chi connectivity index (χ2v) is 8.56. The van der Waals surface area contributed by atoms with Crippen molar-refractivity contribution in [2.45, 2.75) is 38.8 Å². The van der Waals surface area contributed by atoms with E-state index in [9.17, 15) is 9.59 Å². The molecular weight excluding hydrogens is 408 g/mol. The normalized spacial score (nSPS) is 16.4. The van der Waals surface area contributed by atoms with Crippen molar-refractivity contribution in [3.05, 3.63) is 82.0 Å². The molecule has 0 fully saturated rings. The molecule has 1 aromatic heterocycles. The fourth-order valence-corrected chi connectivity index (χ4v) is 4.56. The Morgan fingerprint density at radius 1 is 1.13 bits per heavy atom. The summed E-state index contributed by atoms with van der Waals surface area (Å²) >= 11 is 1.62. The van der Waals surface area contributed by atoms with Gasteiger partial charge in [-0.25, -0.2) is 0 Å². The highest BCUT2D eigenvalue weighted by molar-refractivity contribution is 7.10. The Kier molecular flexibility index (Phi) is 6.37. The van der Waals surface area contributed by atoms with E-state index < -0.39 is 6.10 Å². The average molecular weight is 435 g/mol. The van der Waals surface area contributed by atoms with Gasteiger partial charge in [-0.1, -0.05) is 49.4 Å². The first-order valence-corrected chi connectivity index (χ1v) is 11.4. The van der Waals surface area contributed by atoms with Crippen molar-refractivity contribution in [3.63, 3.8) is 0 Å². The molecular formula is C25H26N2O3S. The maximum Gasteiger partial charge on any atom is 0.267 e. The number of carbonyl (C=O) groups excluding carboxylic acids is 2. The van der Waals surface area contributed by atoms with E-state index >= 15 is 0 Å². The molecule has 0 saturated heterocycles. The summed E-state index contributed by atoms with van der Waals surface area (Å²) in [5.74, 6) is 0.446. The van der Waals surface area contributed by atoms with Gasteiger partial charge >= 0.3 is 0 Å². The number of nitrogens with one attached hydrogen (secondary N) is 1. The van der Waals surface area contributed by atoms with Gasteiger partial charge in [-0.15, -0.1) is 11.3 Å². The van der Waals surface area contributed by atoms with E-state index in [1.165, 1.54) is 5.56 Å². The minimum absolute atomic E-state index is 0.0950. The van der Waals surface area contributed by atoms with Crippen LogP contribution in [0.5, 0.6) is 5.75 Å². The number of carbonyl (C=O) groups is 2. The third-order valence-electron chi connectivity index (χ3n) is 5.49. The van der Waals surface area contributed by atoms with E-state index in [1.54, 1.807) is 23.2 Å². The van der Waals surface area contributed by atoms with Gasteiger partial charge in [-0.2, -0.15) is 0 Å². The first-order valence-electron chi connectivity index (χ1n) is 10.6. The molecule has 0 unspecified atom stereocenters. The number of benzene rings is 2. The zero-order chi connectivity index (χ0) is 21.8. The molecule has 1 aliphatic heterocycles. The van der Waals surface area contributed by atoms with Crippen molar-refractivity contribution in [2.75, 3.05) is 11.4 Å². The summed E-state index contributed by atoms with van der Waals surface area (Å²) in [6, 6.07) is 19.6. The molecule has 4 rings (SSSR count). The number of aryl methyl sites for hydroxylation is 1. The third kappa shape index (κ3) is 4.64. The molecule has 5 nitrogen and oxygen atoms in total. The number of ether oxygens (including phenoxy) is 1. The molecule has 160 valence electrons. The molecule has 3 aromatic rings. The zero-order valence-corrected chi connectivity index (χ0v) is 18.5. The molecule has 31 heavy (non-hydrogen) atoms. The van der Waals surface area contributed by atoms with Gasteiger partial charge in [-0.05, 0) is 48.1 Å². The zero-order valence-electron chi connectivity index (χ0n) is 17.7. The van der Waals surface area contributed by atoms with Crippen molar-refractivity contribution >= 4 is 28.8 Å². The summed E-state index contributed by atoms with van der Waals surface area (Å²) in [6.45, 7) is 4.17. The lowest BCUT2D eigenvalue weighted by molar-refractivity contribution is -0.125. The van der Waals surface area contributed by atoms with Crippen LogP contribution in [0.15, 0.2) is 66.0 Å². The number of rotatable bonds is 7. The number of amides is 2. The van der Waals surface area contributed by atoms with E-state index in [4.69, 9.17) is 4.74 Å². The lowest BCUT2D eigenvalue weighted by atomic mass is 10.0. The number of nitrogens with zero attached hydrogens (tertiary/aromatic N) is 1. The Labute approximate surface area is 186 Å². The van der Waals surface area contributed by atoms with Crippen LogP contribution in [0, 0.1) is 0 Å². The number of anilines is 1. The largest absolute Gasteiger partial charge is 0.479 e. The predicted octanol–water partition coefficient (Wildman–Crippen LogP) is 4.72. The van der Waals surface area contributed by atoms with Gasteiger partial charge in [0.25, 0.3) is 5.91 Å². The summed E-state index contributed by atoms with van der Waals surface area (Å²) < 4.78 is 5.68. The molecule has 0 spiro atoms. The predicted molar refractivity (Wildman–Crippen MR) is 124 cm³/mol. The van der Waals surface area contributed by atoms with Gasteiger partial charge in [0.05, 0.1) is 11.7 Å². The molecule has 2 amide bonds. The summed E-state index contributed by atoms with van der Waals surface area (Å²) in [6.07, 6.45) is 0.625.